The first-order chi connectivity index (χ1) is 9.44. The highest BCUT2D eigenvalue weighted by molar-refractivity contribution is 7.88. The summed E-state index contributed by atoms with van der Waals surface area (Å²) < 4.78 is 31.2. The average molecular weight is 296 g/mol. The predicted octanol–water partition coefficient (Wildman–Crippen LogP) is 0.622. The van der Waals surface area contributed by atoms with Crippen LogP contribution in [0, 0.1) is 6.92 Å². The Kier molecular flexibility index (Phi) is 4.35. The van der Waals surface area contributed by atoms with Gasteiger partial charge in [0.2, 0.25) is 15.9 Å². The number of nitrogens with two attached hydrogens (primary N) is 1. The van der Waals surface area contributed by atoms with E-state index in [1.807, 2.05) is 0 Å². The second-order valence-corrected chi connectivity index (χ2v) is 6.19. The van der Waals surface area contributed by atoms with Crippen molar-refractivity contribution < 1.29 is 12.9 Å². The van der Waals surface area contributed by atoms with Crippen molar-refractivity contribution in [2.45, 2.75) is 19.1 Å². The van der Waals surface area contributed by atoms with Crippen molar-refractivity contribution in [3.05, 3.63) is 41.5 Å². The van der Waals surface area contributed by atoms with Gasteiger partial charge in [-0.1, -0.05) is 17.3 Å². The molecule has 1 aromatic carbocycles. The van der Waals surface area contributed by atoms with Crippen LogP contribution in [-0.2, 0) is 22.2 Å². The minimum absolute atomic E-state index is 0.110. The molecule has 0 atom stereocenters. The third-order valence-corrected chi connectivity index (χ3v) is 3.90. The largest absolute Gasteiger partial charge is 0.399 e. The molecule has 0 bridgehead atoms. The summed E-state index contributed by atoms with van der Waals surface area (Å²) >= 11 is 0. The van der Waals surface area contributed by atoms with Crippen molar-refractivity contribution in [2.24, 2.45) is 0 Å². The summed E-state index contributed by atoms with van der Waals surface area (Å²) in [6.07, 6.45) is 0.358. The van der Waals surface area contributed by atoms with Crippen LogP contribution >= 0.6 is 0 Å². The van der Waals surface area contributed by atoms with E-state index in [9.17, 15) is 8.42 Å². The minimum atomic E-state index is -3.41. The molecule has 0 amide bonds. The summed E-state index contributed by atoms with van der Waals surface area (Å²) in [5, 5.41) is 3.63. The molecule has 0 spiro atoms. The van der Waals surface area contributed by atoms with Crippen LogP contribution in [0.25, 0.3) is 0 Å². The van der Waals surface area contributed by atoms with Gasteiger partial charge in [-0.2, -0.15) is 4.98 Å². The molecular weight excluding hydrogens is 280 g/mol. The highest BCUT2D eigenvalue weighted by atomic mass is 32.2. The number of nitrogen functional groups attached to an aromatic ring is 1. The maximum absolute atomic E-state index is 11.9. The number of hydrogen-bond acceptors (Lipinski definition) is 6. The summed E-state index contributed by atoms with van der Waals surface area (Å²) in [7, 11) is -3.41. The Balaban J connectivity index is 1.88. The van der Waals surface area contributed by atoms with Crippen LogP contribution in [-0.4, -0.2) is 25.1 Å². The third kappa shape index (κ3) is 4.32. The standard InChI is InChI=1S/C12H16N4O3S/c1-9-15-12(19-16-9)5-6-14-20(17,18)8-10-3-2-4-11(13)7-10/h2-4,7,14H,5-6,8,13H2,1H3. The summed E-state index contributed by atoms with van der Waals surface area (Å²) in [4.78, 5) is 4.00. The van der Waals surface area contributed by atoms with Crippen LogP contribution in [0.15, 0.2) is 28.8 Å². The lowest BCUT2D eigenvalue weighted by molar-refractivity contribution is 0.375. The van der Waals surface area contributed by atoms with E-state index in [0.717, 1.165) is 0 Å². The molecule has 1 heterocycles. The monoisotopic (exact) mass is 296 g/mol. The number of aromatic nitrogens is 2. The zero-order valence-corrected chi connectivity index (χ0v) is 11.9. The van der Waals surface area contributed by atoms with E-state index in [1.165, 1.54) is 0 Å². The number of anilines is 1. The number of hydrogen-bond donors (Lipinski definition) is 2. The van der Waals surface area contributed by atoms with Gasteiger partial charge in [0.05, 0.1) is 5.75 Å². The fourth-order valence-corrected chi connectivity index (χ4v) is 2.84. The SMILES string of the molecule is Cc1noc(CCNS(=O)(=O)Cc2cccc(N)c2)n1. The molecule has 7 nitrogen and oxygen atoms in total. The van der Waals surface area contributed by atoms with Crippen molar-refractivity contribution in [1.29, 1.82) is 0 Å². The molecule has 2 aromatic rings. The maximum atomic E-state index is 11.9. The number of sulfonamides is 1. The van der Waals surface area contributed by atoms with Crippen LogP contribution in [0.3, 0.4) is 0 Å². The zero-order valence-electron chi connectivity index (χ0n) is 11.0. The van der Waals surface area contributed by atoms with Crippen molar-refractivity contribution in [1.82, 2.24) is 14.9 Å². The number of aryl methyl sites for hydroxylation is 1. The van der Waals surface area contributed by atoms with Gasteiger partial charge in [0.1, 0.15) is 0 Å². The van der Waals surface area contributed by atoms with E-state index in [-0.39, 0.29) is 12.3 Å². The lowest BCUT2D eigenvalue weighted by Crippen LogP contribution is -2.27. The van der Waals surface area contributed by atoms with Crippen molar-refractivity contribution in [2.75, 3.05) is 12.3 Å². The van der Waals surface area contributed by atoms with Gasteiger partial charge < -0.3 is 10.3 Å². The quantitative estimate of drug-likeness (QED) is 0.756. The average Bonchev–Trinajstić information content (AvgIpc) is 2.74. The summed E-state index contributed by atoms with van der Waals surface area (Å²) in [5.41, 5.74) is 6.80. The lowest BCUT2D eigenvalue weighted by Gasteiger charge is -2.06. The molecular formula is C12H16N4O3S. The van der Waals surface area contributed by atoms with Gasteiger partial charge in [0.15, 0.2) is 5.82 Å². The molecule has 0 unspecified atom stereocenters. The van der Waals surface area contributed by atoms with Gasteiger partial charge >= 0.3 is 0 Å². The Bertz CT molecular complexity index is 682. The van der Waals surface area contributed by atoms with Crippen LogP contribution in [0.5, 0.6) is 0 Å². The highest BCUT2D eigenvalue weighted by Gasteiger charge is 2.12. The minimum Gasteiger partial charge on any atom is -0.399 e. The summed E-state index contributed by atoms with van der Waals surface area (Å²) in [6.45, 7) is 1.92. The molecule has 3 N–H and O–H groups in total. The molecule has 0 aliphatic rings. The molecule has 0 radical (unpaired) electrons. The first-order valence-corrected chi connectivity index (χ1v) is 7.71. The molecule has 0 saturated heterocycles. The Morgan fingerprint density at radius 1 is 1.40 bits per heavy atom. The fourth-order valence-electron chi connectivity index (χ4n) is 1.71. The van der Waals surface area contributed by atoms with Gasteiger partial charge in [0, 0.05) is 18.7 Å². The van der Waals surface area contributed by atoms with Gasteiger partial charge in [-0.15, -0.1) is 0 Å². The van der Waals surface area contributed by atoms with Crippen LogP contribution < -0.4 is 10.5 Å². The first-order valence-electron chi connectivity index (χ1n) is 6.05. The predicted molar refractivity (Wildman–Crippen MR) is 74.2 cm³/mol. The number of benzene rings is 1. The van der Waals surface area contributed by atoms with E-state index >= 15 is 0 Å². The van der Waals surface area contributed by atoms with Crippen LogP contribution in [0.4, 0.5) is 5.69 Å². The summed E-state index contributed by atoms with van der Waals surface area (Å²) in [6, 6.07) is 6.79. The normalized spacial score (nSPS) is 11.7. The Hall–Kier alpha value is -1.93. The topological polar surface area (TPSA) is 111 Å². The molecule has 0 fully saturated rings. The molecule has 20 heavy (non-hydrogen) atoms. The van der Waals surface area contributed by atoms with E-state index in [0.29, 0.717) is 29.4 Å². The second kappa shape index (κ2) is 6.02. The smallest absolute Gasteiger partial charge is 0.227 e. The van der Waals surface area contributed by atoms with Gasteiger partial charge in [-0.05, 0) is 24.6 Å². The van der Waals surface area contributed by atoms with E-state index in [4.69, 9.17) is 10.3 Å². The van der Waals surface area contributed by atoms with Gasteiger partial charge in [0.25, 0.3) is 0 Å². The van der Waals surface area contributed by atoms with Gasteiger partial charge in [-0.3, -0.25) is 0 Å². The van der Waals surface area contributed by atoms with Crippen molar-refractivity contribution >= 4 is 15.7 Å². The Labute approximate surface area is 117 Å². The van der Waals surface area contributed by atoms with Gasteiger partial charge in [-0.25, -0.2) is 13.1 Å². The van der Waals surface area contributed by atoms with E-state index < -0.39 is 10.0 Å². The molecule has 0 saturated carbocycles. The second-order valence-electron chi connectivity index (χ2n) is 4.38. The fraction of sp³-hybridized carbons (Fsp3) is 0.333. The van der Waals surface area contributed by atoms with E-state index in [1.54, 1.807) is 31.2 Å². The van der Waals surface area contributed by atoms with Crippen molar-refractivity contribution in [3.63, 3.8) is 0 Å². The Morgan fingerprint density at radius 2 is 2.20 bits per heavy atom. The Morgan fingerprint density at radius 3 is 2.85 bits per heavy atom. The highest BCUT2D eigenvalue weighted by Crippen LogP contribution is 2.09. The lowest BCUT2D eigenvalue weighted by atomic mass is 10.2. The van der Waals surface area contributed by atoms with Crippen LogP contribution in [0.2, 0.25) is 0 Å². The molecule has 0 aliphatic heterocycles. The number of nitrogens with zero attached hydrogens (tertiary/aromatic N) is 2. The molecule has 1 aromatic heterocycles. The molecule has 2 rings (SSSR count). The zero-order chi connectivity index (χ0) is 14.6. The van der Waals surface area contributed by atoms with E-state index in [2.05, 4.69) is 14.9 Å². The number of rotatable bonds is 6. The third-order valence-electron chi connectivity index (χ3n) is 2.54. The molecule has 8 heteroatoms. The summed E-state index contributed by atoms with van der Waals surface area (Å²) in [5.74, 6) is 0.831. The van der Waals surface area contributed by atoms with Crippen LogP contribution in [0.1, 0.15) is 17.3 Å². The first kappa shape index (κ1) is 14.5. The van der Waals surface area contributed by atoms with Crippen molar-refractivity contribution in [3.8, 4) is 0 Å². The number of nitrogens with one attached hydrogen (secondary N) is 1. The molecule has 108 valence electrons. The maximum Gasteiger partial charge on any atom is 0.227 e. The molecule has 0 aliphatic carbocycles.